The Kier molecular flexibility index (Phi) is 1.78. The highest BCUT2D eigenvalue weighted by atomic mass is 19.2. The molecule has 4 heteroatoms. The molecule has 0 unspecified atom stereocenters. The van der Waals surface area contributed by atoms with Gasteiger partial charge in [0.1, 0.15) is 5.82 Å². The van der Waals surface area contributed by atoms with Gasteiger partial charge in [-0.25, -0.2) is 13.2 Å². The normalized spacial score (nSPS) is 35.5. The van der Waals surface area contributed by atoms with Gasteiger partial charge in [-0.05, 0) is 37.3 Å². The smallest absolute Gasteiger partial charge is 0.162 e. The van der Waals surface area contributed by atoms with Crippen LogP contribution >= 0.6 is 0 Å². The Labute approximate surface area is 91.4 Å². The predicted molar refractivity (Wildman–Crippen MR) is 53.3 cm³/mol. The first kappa shape index (κ1) is 10.1. The minimum absolute atomic E-state index is 0.120. The van der Waals surface area contributed by atoms with Crippen molar-refractivity contribution in [2.24, 2.45) is 11.1 Å². The van der Waals surface area contributed by atoms with Crippen molar-refractivity contribution in [3.05, 3.63) is 35.1 Å². The first-order chi connectivity index (χ1) is 7.50. The molecule has 1 nitrogen and oxygen atoms in total. The largest absolute Gasteiger partial charge is 0.330 e. The third-order valence-electron chi connectivity index (χ3n) is 4.14. The molecule has 2 bridgehead atoms. The van der Waals surface area contributed by atoms with Crippen LogP contribution in [0.25, 0.3) is 0 Å². The SMILES string of the molecule is NCC12CC(c3cc(F)cc(F)c3F)(C1)C2. The van der Waals surface area contributed by atoms with Crippen molar-refractivity contribution in [1.82, 2.24) is 0 Å². The summed E-state index contributed by atoms with van der Waals surface area (Å²) in [6.45, 7) is 0.578. The molecular weight excluding hydrogens is 215 g/mol. The first-order valence-electron chi connectivity index (χ1n) is 5.35. The number of nitrogens with two attached hydrogens (primary N) is 1. The van der Waals surface area contributed by atoms with Crippen LogP contribution in [0.15, 0.2) is 12.1 Å². The van der Waals surface area contributed by atoms with E-state index in [0.717, 1.165) is 25.3 Å². The fourth-order valence-corrected chi connectivity index (χ4v) is 3.44. The molecular formula is C12H12F3N. The Bertz CT molecular complexity index is 450. The van der Waals surface area contributed by atoms with E-state index in [1.54, 1.807) is 0 Å². The van der Waals surface area contributed by atoms with Gasteiger partial charge in [0, 0.05) is 17.0 Å². The highest BCUT2D eigenvalue weighted by molar-refractivity contribution is 5.40. The molecule has 3 aliphatic rings. The average molecular weight is 227 g/mol. The molecule has 16 heavy (non-hydrogen) atoms. The lowest BCUT2D eigenvalue weighted by Crippen LogP contribution is -2.67. The van der Waals surface area contributed by atoms with E-state index in [9.17, 15) is 13.2 Å². The summed E-state index contributed by atoms with van der Waals surface area (Å²) in [5, 5.41) is 0. The maximum atomic E-state index is 13.6. The van der Waals surface area contributed by atoms with Crippen LogP contribution in [0.2, 0.25) is 0 Å². The molecule has 3 saturated carbocycles. The summed E-state index contributed by atoms with van der Waals surface area (Å²) in [6, 6.07) is 1.71. The van der Waals surface area contributed by atoms with Gasteiger partial charge in [-0.15, -0.1) is 0 Å². The number of hydrogen-bond donors (Lipinski definition) is 1. The second-order valence-electron chi connectivity index (χ2n) is 5.26. The van der Waals surface area contributed by atoms with Crippen molar-refractivity contribution >= 4 is 0 Å². The van der Waals surface area contributed by atoms with E-state index in [4.69, 9.17) is 5.73 Å². The second kappa shape index (κ2) is 2.80. The van der Waals surface area contributed by atoms with E-state index in [1.165, 1.54) is 0 Å². The summed E-state index contributed by atoms with van der Waals surface area (Å²) >= 11 is 0. The van der Waals surface area contributed by atoms with Gasteiger partial charge in [0.2, 0.25) is 0 Å². The summed E-state index contributed by atoms with van der Waals surface area (Å²) in [7, 11) is 0. The molecule has 0 spiro atoms. The summed E-state index contributed by atoms with van der Waals surface area (Å²) in [5.74, 6) is -2.70. The summed E-state index contributed by atoms with van der Waals surface area (Å²) in [4.78, 5) is 0. The third kappa shape index (κ3) is 1.05. The van der Waals surface area contributed by atoms with Crippen molar-refractivity contribution in [2.45, 2.75) is 24.7 Å². The number of hydrogen-bond acceptors (Lipinski definition) is 1. The lowest BCUT2D eigenvalue weighted by atomic mass is 9.33. The number of rotatable bonds is 2. The van der Waals surface area contributed by atoms with Gasteiger partial charge in [-0.2, -0.15) is 0 Å². The molecule has 0 aromatic heterocycles. The van der Waals surface area contributed by atoms with Crippen LogP contribution < -0.4 is 5.73 Å². The molecule has 1 aromatic carbocycles. The standard InChI is InChI=1S/C12H12F3N/c13-7-1-8(10(15)9(14)2-7)12-3-11(4-12,5-12)6-16/h1-2H,3-6,16H2. The molecule has 0 atom stereocenters. The summed E-state index contributed by atoms with van der Waals surface area (Å²) in [5.41, 5.74) is 5.57. The topological polar surface area (TPSA) is 26.0 Å². The molecule has 0 heterocycles. The van der Waals surface area contributed by atoms with Crippen LogP contribution in [0.5, 0.6) is 0 Å². The van der Waals surface area contributed by atoms with Crippen molar-refractivity contribution in [3.63, 3.8) is 0 Å². The average Bonchev–Trinajstić information content (AvgIpc) is 2.09. The van der Waals surface area contributed by atoms with Crippen LogP contribution in [0.1, 0.15) is 24.8 Å². The van der Waals surface area contributed by atoms with Gasteiger partial charge in [-0.1, -0.05) is 0 Å². The van der Waals surface area contributed by atoms with E-state index in [-0.39, 0.29) is 16.4 Å². The lowest BCUT2D eigenvalue weighted by molar-refractivity contribution is -0.134. The second-order valence-corrected chi connectivity index (χ2v) is 5.26. The van der Waals surface area contributed by atoms with E-state index >= 15 is 0 Å². The van der Waals surface area contributed by atoms with Crippen LogP contribution in [0, 0.1) is 22.9 Å². The molecule has 3 aliphatic carbocycles. The fraction of sp³-hybridized carbons (Fsp3) is 0.500. The molecule has 3 fully saturated rings. The molecule has 86 valence electrons. The van der Waals surface area contributed by atoms with Gasteiger partial charge in [0.05, 0.1) is 0 Å². The van der Waals surface area contributed by atoms with Gasteiger partial charge < -0.3 is 5.73 Å². The minimum Gasteiger partial charge on any atom is -0.330 e. The highest BCUT2D eigenvalue weighted by Crippen LogP contribution is 2.73. The monoisotopic (exact) mass is 227 g/mol. The maximum absolute atomic E-state index is 13.6. The van der Waals surface area contributed by atoms with E-state index in [1.807, 2.05) is 0 Å². The van der Waals surface area contributed by atoms with E-state index in [0.29, 0.717) is 12.6 Å². The number of benzene rings is 1. The van der Waals surface area contributed by atoms with Crippen LogP contribution in [-0.2, 0) is 5.41 Å². The first-order valence-corrected chi connectivity index (χ1v) is 5.35. The van der Waals surface area contributed by atoms with Crippen LogP contribution in [0.4, 0.5) is 13.2 Å². The minimum atomic E-state index is -1.10. The fourth-order valence-electron chi connectivity index (χ4n) is 3.44. The van der Waals surface area contributed by atoms with Gasteiger partial charge in [0.15, 0.2) is 11.6 Å². The highest BCUT2D eigenvalue weighted by Gasteiger charge is 2.68. The Morgan fingerprint density at radius 3 is 2.31 bits per heavy atom. The zero-order valence-electron chi connectivity index (χ0n) is 8.69. The van der Waals surface area contributed by atoms with Crippen LogP contribution in [0.3, 0.4) is 0 Å². The molecule has 0 saturated heterocycles. The third-order valence-corrected chi connectivity index (χ3v) is 4.14. The summed E-state index contributed by atoms with van der Waals surface area (Å²) in [6.07, 6.45) is 2.28. The molecule has 4 rings (SSSR count). The van der Waals surface area contributed by atoms with Crippen molar-refractivity contribution in [3.8, 4) is 0 Å². The molecule has 1 aromatic rings. The maximum Gasteiger partial charge on any atom is 0.162 e. The van der Waals surface area contributed by atoms with E-state index in [2.05, 4.69) is 0 Å². The van der Waals surface area contributed by atoms with Crippen molar-refractivity contribution < 1.29 is 13.2 Å². The summed E-state index contributed by atoms with van der Waals surface area (Å²) < 4.78 is 39.7. The molecule has 0 amide bonds. The van der Waals surface area contributed by atoms with Gasteiger partial charge in [0.25, 0.3) is 0 Å². The zero-order chi connectivity index (χ0) is 11.6. The Morgan fingerprint density at radius 1 is 1.12 bits per heavy atom. The quantitative estimate of drug-likeness (QED) is 0.772. The van der Waals surface area contributed by atoms with E-state index < -0.39 is 17.5 Å². The van der Waals surface area contributed by atoms with Crippen molar-refractivity contribution in [2.75, 3.05) is 6.54 Å². The van der Waals surface area contributed by atoms with Gasteiger partial charge in [-0.3, -0.25) is 0 Å². The molecule has 2 N–H and O–H groups in total. The molecule has 0 aliphatic heterocycles. The van der Waals surface area contributed by atoms with Crippen LogP contribution in [-0.4, -0.2) is 6.54 Å². The van der Waals surface area contributed by atoms with Crippen molar-refractivity contribution in [1.29, 1.82) is 0 Å². The number of halogens is 3. The Balaban J connectivity index is 1.98. The lowest BCUT2D eigenvalue weighted by Gasteiger charge is -2.71. The van der Waals surface area contributed by atoms with Gasteiger partial charge >= 0.3 is 0 Å². The predicted octanol–water partition coefficient (Wildman–Crippen LogP) is 2.48. The Hall–Kier alpha value is -1.03. The zero-order valence-corrected chi connectivity index (χ0v) is 8.69. The molecule has 0 radical (unpaired) electrons. The Morgan fingerprint density at radius 2 is 1.75 bits per heavy atom.